The first-order valence-electron chi connectivity index (χ1n) is 12.8. The number of carbonyl (C=O) groups is 2. The average molecular weight is 585 g/mol. The fraction of sp³-hybridized carbons (Fsp3) is 0.500. The number of nitrogens with zero attached hydrogens (tertiary/aromatic N) is 2. The van der Waals surface area contributed by atoms with Gasteiger partial charge in [0.05, 0.1) is 22.0 Å². The van der Waals surface area contributed by atoms with Crippen molar-refractivity contribution in [3.8, 4) is 0 Å². The van der Waals surface area contributed by atoms with Gasteiger partial charge in [-0.25, -0.2) is 8.42 Å². The van der Waals surface area contributed by atoms with Crippen molar-refractivity contribution >= 4 is 50.7 Å². The molecule has 2 amide bonds. The highest BCUT2D eigenvalue weighted by atomic mass is 35.5. The van der Waals surface area contributed by atoms with Crippen molar-refractivity contribution in [2.75, 3.05) is 17.1 Å². The third-order valence-electron chi connectivity index (χ3n) is 6.01. The zero-order valence-electron chi connectivity index (χ0n) is 23.1. The molecule has 0 bridgehead atoms. The zero-order chi connectivity index (χ0) is 28.7. The molecule has 0 spiro atoms. The molecule has 2 aromatic carbocycles. The smallest absolute Gasteiger partial charge is 0.243 e. The topological polar surface area (TPSA) is 86.8 Å². The van der Waals surface area contributed by atoms with E-state index >= 15 is 0 Å². The Kier molecular flexibility index (Phi) is 11.5. The third-order valence-corrected chi connectivity index (χ3v) is 7.94. The number of nitrogens with one attached hydrogen (secondary N) is 1. The number of amides is 2. The Morgan fingerprint density at radius 2 is 1.58 bits per heavy atom. The maximum absolute atomic E-state index is 13.5. The maximum atomic E-state index is 13.5. The van der Waals surface area contributed by atoms with Crippen LogP contribution in [0.1, 0.15) is 65.0 Å². The molecule has 1 atom stereocenters. The van der Waals surface area contributed by atoms with Gasteiger partial charge >= 0.3 is 0 Å². The monoisotopic (exact) mass is 583 g/mol. The minimum atomic E-state index is -3.55. The van der Waals surface area contributed by atoms with Crippen LogP contribution >= 0.6 is 23.2 Å². The highest BCUT2D eigenvalue weighted by molar-refractivity contribution is 7.92. The molecular formula is C28H39Cl2N3O4S. The molecule has 0 aliphatic rings. The second-order valence-electron chi connectivity index (χ2n) is 10.4. The zero-order valence-corrected chi connectivity index (χ0v) is 25.4. The van der Waals surface area contributed by atoms with Gasteiger partial charge in [0.1, 0.15) is 6.04 Å². The van der Waals surface area contributed by atoms with Crippen LogP contribution in [0.4, 0.5) is 5.69 Å². The lowest BCUT2D eigenvalue weighted by Gasteiger charge is -2.33. The van der Waals surface area contributed by atoms with Crippen molar-refractivity contribution in [3.63, 3.8) is 0 Å². The number of hydrogen-bond acceptors (Lipinski definition) is 4. The molecule has 0 aromatic heterocycles. The predicted molar refractivity (Wildman–Crippen MR) is 156 cm³/mol. The molecule has 0 saturated carbocycles. The highest BCUT2D eigenvalue weighted by Crippen LogP contribution is 2.25. The molecule has 0 saturated heterocycles. The van der Waals surface area contributed by atoms with Crippen LogP contribution in [0.25, 0.3) is 0 Å². The van der Waals surface area contributed by atoms with Crippen LogP contribution in [-0.4, -0.2) is 49.5 Å². The van der Waals surface area contributed by atoms with Crippen LogP contribution in [0.3, 0.4) is 0 Å². The molecule has 1 N–H and O–H groups in total. The Hall–Kier alpha value is -2.29. The van der Waals surface area contributed by atoms with Crippen LogP contribution in [-0.2, 0) is 32.6 Å². The number of sulfonamides is 1. The summed E-state index contributed by atoms with van der Waals surface area (Å²) in [4.78, 5) is 28.2. The number of anilines is 1. The lowest BCUT2D eigenvalue weighted by atomic mass is 10.0. The molecule has 7 nitrogen and oxygen atoms in total. The van der Waals surface area contributed by atoms with E-state index in [9.17, 15) is 18.0 Å². The fourth-order valence-electron chi connectivity index (χ4n) is 4.11. The second kappa shape index (κ2) is 13.7. The predicted octanol–water partition coefficient (Wildman–Crippen LogP) is 5.82. The molecule has 2 aromatic rings. The summed E-state index contributed by atoms with van der Waals surface area (Å²) in [5.74, 6) is -0.496. The summed E-state index contributed by atoms with van der Waals surface area (Å²) in [6, 6.07) is 11.8. The number of benzene rings is 2. The number of hydrogen-bond donors (Lipinski definition) is 1. The van der Waals surface area contributed by atoms with Crippen LogP contribution < -0.4 is 9.62 Å². The van der Waals surface area contributed by atoms with Crippen LogP contribution in [0.5, 0.6) is 0 Å². The summed E-state index contributed by atoms with van der Waals surface area (Å²) in [7, 11) is -3.55. The van der Waals surface area contributed by atoms with E-state index in [0.717, 1.165) is 23.8 Å². The fourth-order valence-corrected chi connectivity index (χ4v) is 5.40. The van der Waals surface area contributed by atoms with Gasteiger partial charge < -0.3 is 10.2 Å². The van der Waals surface area contributed by atoms with Crippen molar-refractivity contribution < 1.29 is 18.0 Å². The Morgan fingerprint density at radius 1 is 0.974 bits per heavy atom. The van der Waals surface area contributed by atoms with Crippen molar-refractivity contribution in [1.29, 1.82) is 0 Å². The minimum Gasteiger partial charge on any atom is -0.350 e. The van der Waals surface area contributed by atoms with E-state index < -0.39 is 21.6 Å². The first kappa shape index (κ1) is 31.9. The van der Waals surface area contributed by atoms with Gasteiger partial charge in [-0.2, -0.15) is 0 Å². The van der Waals surface area contributed by atoms with Gasteiger partial charge in [-0.3, -0.25) is 13.9 Å². The lowest BCUT2D eigenvalue weighted by molar-refractivity contribution is -0.142. The minimum absolute atomic E-state index is 0.0691. The Balaban J connectivity index is 2.26. The highest BCUT2D eigenvalue weighted by Gasteiger charge is 2.31. The average Bonchev–Trinajstić information content (AvgIpc) is 2.82. The van der Waals surface area contributed by atoms with E-state index in [0.29, 0.717) is 22.2 Å². The van der Waals surface area contributed by atoms with Crippen molar-refractivity contribution in [3.05, 3.63) is 63.6 Å². The first-order valence-corrected chi connectivity index (χ1v) is 15.4. The first-order chi connectivity index (χ1) is 17.7. The summed E-state index contributed by atoms with van der Waals surface area (Å²) in [6.45, 7) is 9.85. The van der Waals surface area contributed by atoms with Gasteiger partial charge in [0.25, 0.3) is 0 Å². The number of aryl methyl sites for hydroxylation is 1. The molecular weight excluding hydrogens is 545 g/mol. The van der Waals surface area contributed by atoms with E-state index in [4.69, 9.17) is 23.2 Å². The van der Waals surface area contributed by atoms with E-state index in [1.807, 2.05) is 46.8 Å². The molecule has 10 heteroatoms. The number of carbonyl (C=O) groups excluding carboxylic acids is 2. The lowest BCUT2D eigenvalue weighted by Crippen LogP contribution is -2.53. The SMILES string of the molecule is CCc1ccc(N(CCCC(=O)N(Cc2ccc(Cl)c(Cl)c2)C(CC)C(=O)NC(C)(C)C)S(C)(=O)=O)cc1. The van der Waals surface area contributed by atoms with Gasteiger partial charge in [0.15, 0.2) is 0 Å². The van der Waals surface area contributed by atoms with Gasteiger partial charge in [0.2, 0.25) is 21.8 Å². The summed E-state index contributed by atoms with van der Waals surface area (Å²) < 4.78 is 26.4. The van der Waals surface area contributed by atoms with Crippen molar-refractivity contribution in [2.45, 2.75) is 78.4 Å². The van der Waals surface area contributed by atoms with Gasteiger partial charge in [-0.15, -0.1) is 0 Å². The normalized spacial score (nSPS) is 12.6. The van der Waals surface area contributed by atoms with E-state index in [2.05, 4.69) is 5.32 Å². The quantitative estimate of drug-likeness (QED) is 0.341. The van der Waals surface area contributed by atoms with Crippen molar-refractivity contribution in [2.24, 2.45) is 0 Å². The molecule has 38 heavy (non-hydrogen) atoms. The number of rotatable bonds is 12. The summed E-state index contributed by atoms with van der Waals surface area (Å²) >= 11 is 12.3. The maximum Gasteiger partial charge on any atom is 0.243 e. The molecule has 0 aliphatic heterocycles. The molecule has 210 valence electrons. The molecule has 0 radical (unpaired) electrons. The Morgan fingerprint density at radius 3 is 2.08 bits per heavy atom. The summed E-state index contributed by atoms with van der Waals surface area (Å²) in [5, 5.41) is 3.73. The van der Waals surface area contributed by atoms with Crippen molar-refractivity contribution in [1.82, 2.24) is 10.2 Å². The molecule has 0 heterocycles. The third kappa shape index (κ3) is 9.47. The summed E-state index contributed by atoms with van der Waals surface area (Å²) in [6.07, 6.45) is 2.78. The Labute approximate surface area is 237 Å². The van der Waals surface area contributed by atoms with Crippen LogP contribution in [0, 0.1) is 0 Å². The second-order valence-corrected chi connectivity index (χ2v) is 13.1. The molecule has 0 fully saturated rings. The van der Waals surface area contributed by atoms with Gasteiger partial charge in [-0.1, -0.05) is 55.2 Å². The van der Waals surface area contributed by atoms with E-state index in [1.54, 1.807) is 35.2 Å². The van der Waals surface area contributed by atoms with Gasteiger partial charge in [-0.05, 0) is 75.4 Å². The summed E-state index contributed by atoms with van der Waals surface area (Å²) in [5.41, 5.74) is 1.94. The van der Waals surface area contributed by atoms with E-state index in [-0.39, 0.29) is 37.7 Å². The van der Waals surface area contributed by atoms with E-state index in [1.165, 1.54) is 4.31 Å². The molecule has 1 unspecified atom stereocenters. The molecule has 0 aliphatic carbocycles. The van der Waals surface area contributed by atoms with Crippen LogP contribution in [0.2, 0.25) is 10.0 Å². The largest absolute Gasteiger partial charge is 0.350 e. The standard InChI is InChI=1S/C28H39Cl2N3O4S/c1-7-20-11-14-22(15-12-20)33(38(6,36)37)17-9-10-26(34)32(19-21-13-16-23(29)24(30)18-21)25(8-2)27(35)31-28(3,4)5/h11-16,18,25H,7-10,17,19H2,1-6H3,(H,31,35). The van der Waals surface area contributed by atoms with Crippen LogP contribution in [0.15, 0.2) is 42.5 Å². The Bertz CT molecular complexity index is 1210. The van der Waals surface area contributed by atoms with Gasteiger partial charge in [0, 0.05) is 25.0 Å². The molecule has 2 rings (SSSR count). The number of halogens is 2.